The van der Waals surface area contributed by atoms with Crippen LogP contribution in [-0.4, -0.2) is 20.3 Å². The van der Waals surface area contributed by atoms with Crippen LogP contribution in [0.2, 0.25) is 0 Å². The normalized spacial score (nSPS) is 11.1. The van der Waals surface area contributed by atoms with E-state index in [1.165, 1.54) is 0 Å². The number of hydrogen-bond acceptors (Lipinski definition) is 2. The van der Waals surface area contributed by atoms with Crippen LogP contribution in [0.4, 0.5) is 0 Å². The van der Waals surface area contributed by atoms with Crippen molar-refractivity contribution in [2.24, 2.45) is 0 Å². The number of para-hydroxylation sites is 1. The Hall–Kier alpha value is -3.08. The molecule has 22 heavy (non-hydrogen) atoms. The first-order valence-electron chi connectivity index (χ1n) is 7.08. The lowest BCUT2D eigenvalue weighted by Gasteiger charge is -2.00. The van der Waals surface area contributed by atoms with Crippen molar-refractivity contribution in [3.8, 4) is 0 Å². The van der Waals surface area contributed by atoms with Crippen molar-refractivity contribution < 1.29 is 4.79 Å². The minimum atomic E-state index is -0.131. The summed E-state index contributed by atoms with van der Waals surface area (Å²) < 4.78 is 1.93. The van der Waals surface area contributed by atoms with E-state index in [0.717, 1.165) is 22.2 Å². The van der Waals surface area contributed by atoms with Gasteiger partial charge in [-0.3, -0.25) is 4.79 Å². The van der Waals surface area contributed by atoms with Crippen LogP contribution >= 0.6 is 0 Å². The van der Waals surface area contributed by atoms with Gasteiger partial charge >= 0.3 is 0 Å². The highest BCUT2D eigenvalue weighted by Crippen LogP contribution is 2.14. The highest BCUT2D eigenvalue weighted by Gasteiger charge is 2.09. The molecular formula is C17H14N4O. The predicted molar refractivity (Wildman–Crippen MR) is 84.7 cm³/mol. The molecular weight excluding hydrogens is 276 g/mol. The monoisotopic (exact) mass is 290 g/mol. The molecule has 0 aliphatic carbocycles. The van der Waals surface area contributed by atoms with E-state index in [1.807, 2.05) is 65.3 Å². The maximum Gasteiger partial charge on any atom is 0.268 e. The minimum absolute atomic E-state index is 0.131. The SMILES string of the molecule is O=C(NCc1cn2ccccc2n1)c1cc2ccccc2[nH]1. The molecule has 1 aromatic carbocycles. The van der Waals surface area contributed by atoms with Gasteiger partial charge < -0.3 is 14.7 Å². The fourth-order valence-corrected chi connectivity index (χ4v) is 2.53. The number of pyridine rings is 1. The van der Waals surface area contributed by atoms with Crippen molar-refractivity contribution in [2.45, 2.75) is 6.54 Å². The van der Waals surface area contributed by atoms with Crippen LogP contribution in [0.25, 0.3) is 16.6 Å². The van der Waals surface area contributed by atoms with Crippen LogP contribution in [-0.2, 0) is 6.54 Å². The van der Waals surface area contributed by atoms with E-state index in [9.17, 15) is 4.79 Å². The molecule has 0 fully saturated rings. The van der Waals surface area contributed by atoms with E-state index in [1.54, 1.807) is 0 Å². The summed E-state index contributed by atoms with van der Waals surface area (Å²) in [5, 5.41) is 3.92. The maximum atomic E-state index is 12.2. The van der Waals surface area contributed by atoms with Crippen LogP contribution in [0.1, 0.15) is 16.2 Å². The van der Waals surface area contributed by atoms with Crippen LogP contribution in [0.5, 0.6) is 0 Å². The van der Waals surface area contributed by atoms with Gasteiger partial charge in [-0.25, -0.2) is 4.98 Å². The fourth-order valence-electron chi connectivity index (χ4n) is 2.53. The summed E-state index contributed by atoms with van der Waals surface area (Å²) in [6.45, 7) is 0.399. The molecule has 0 aliphatic heterocycles. The number of fused-ring (bicyclic) bond motifs is 2. The molecule has 0 saturated heterocycles. The smallest absolute Gasteiger partial charge is 0.268 e. The second kappa shape index (κ2) is 5.04. The number of nitrogens with zero attached hydrogens (tertiary/aromatic N) is 2. The second-order valence-corrected chi connectivity index (χ2v) is 5.15. The Kier molecular flexibility index (Phi) is 2.89. The Morgan fingerprint density at radius 3 is 2.91 bits per heavy atom. The highest BCUT2D eigenvalue weighted by molar-refractivity contribution is 5.97. The first kappa shape index (κ1) is 12.6. The van der Waals surface area contributed by atoms with Crippen LogP contribution in [0, 0.1) is 0 Å². The summed E-state index contributed by atoms with van der Waals surface area (Å²) in [6.07, 6.45) is 3.85. The van der Waals surface area contributed by atoms with E-state index >= 15 is 0 Å². The number of imidazole rings is 1. The number of hydrogen-bond donors (Lipinski definition) is 2. The van der Waals surface area contributed by atoms with E-state index < -0.39 is 0 Å². The molecule has 4 aromatic rings. The van der Waals surface area contributed by atoms with Crippen molar-refractivity contribution in [3.63, 3.8) is 0 Å². The zero-order valence-electron chi connectivity index (χ0n) is 11.8. The highest BCUT2D eigenvalue weighted by atomic mass is 16.1. The molecule has 0 saturated carbocycles. The summed E-state index contributed by atoms with van der Waals surface area (Å²) in [5.74, 6) is -0.131. The van der Waals surface area contributed by atoms with Gasteiger partial charge in [0.15, 0.2) is 0 Å². The van der Waals surface area contributed by atoms with Gasteiger partial charge in [0, 0.05) is 23.3 Å². The molecule has 0 radical (unpaired) electrons. The molecule has 0 aliphatic rings. The van der Waals surface area contributed by atoms with E-state index in [0.29, 0.717) is 12.2 Å². The summed E-state index contributed by atoms with van der Waals surface area (Å²) >= 11 is 0. The van der Waals surface area contributed by atoms with E-state index in [2.05, 4.69) is 15.3 Å². The fraction of sp³-hybridized carbons (Fsp3) is 0.0588. The standard InChI is InChI=1S/C17H14N4O/c22-17(15-9-12-5-1-2-6-14(12)20-15)18-10-13-11-21-8-4-3-7-16(21)19-13/h1-9,11,20H,10H2,(H,18,22). The number of benzene rings is 1. The molecule has 4 rings (SSSR count). The number of aromatic amines is 1. The Morgan fingerprint density at radius 2 is 2.05 bits per heavy atom. The number of nitrogens with one attached hydrogen (secondary N) is 2. The third kappa shape index (κ3) is 2.22. The van der Waals surface area contributed by atoms with Gasteiger partial charge in [0.05, 0.1) is 12.2 Å². The molecule has 5 nitrogen and oxygen atoms in total. The van der Waals surface area contributed by atoms with Crippen molar-refractivity contribution in [2.75, 3.05) is 0 Å². The number of amides is 1. The second-order valence-electron chi connectivity index (χ2n) is 5.15. The van der Waals surface area contributed by atoms with Crippen LogP contribution in [0.3, 0.4) is 0 Å². The zero-order valence-corrected chi connectivity index (χ0v) is 11.8. The summed E-state index contributed by atoms with van der Waals surface area (Å²) in [6, 6.07) is 15.5. The number of aromatic nitrogens is 3. The third-order valence-corrected chi connectivity index (χ3v) is 3.62. The predicted octanol–water partition coefficient (Wildman–Crippen LogP) is 2.75. The third-order valence-electron chi connectivity index (χ3n) is 3.62. The Labute approximate surface area is 126 Å². The first-order chi connectivity index (χ1) is 10.8. The lowest BCUT2D eigenvalue weighted by molar-refractivity contribution is 0.0946. The molecule has 5 heteroatoms. The Balaban J connectivity index is 1.51. The van der Waals surface area contributed by atoms with E-state index in [4.69, 9.17) is 0 Å². The summed E-state index contributed by atoms with van der Waals surface area (Å²) in [5.41, 5.74) is 3.22. The Morgan fingerprint density at radius 1 is 1.18 bits per heavy atom. The molecule has 0 atom stereocenters. The average molecular weight is 290 g/mol. The van der Waals surface area contributed by atoms with Gasteiger partial charge in [0.1, 0.15) is 11.3 Å². The Bertz CT molecular complexity index is 901. The van der Waals surface area contributed by atoms with Crippen LogP contribution < -0.4 is 5.32 Å². The number of carbonyl (C=O) groups is 1. The average Bonchev–Trinajstić information content (AvgIpc) is 3.15. The van der Waals surface area contributed by atoms with Crippen molar-refractivity contribution in [3.05, 3.63) is 72.3 Å². The summed E-state index contributed by atoms with van der Waals surface area (Å²) in [4.78, 5) is 19.8. The molecule has 1 amide bonds. The largest absolute Gasteiger partial charge is 0.351 e. The minimum Gasteiger partial charge on any atom is -0.351 e. The van der Waals surface area contributed by atoms with Gasteiger partial charge in [-0.2, -0.15) is 0 Å². The number of carbonyl (C=O) groups excluding carboxylic acids is 1. The lowest BCUT2D eigenvalue weighted by Crippen LogP contribution is -2.23. The number of H-pyrrole nitrogens is 1. The van der Waals surface area contributed by atoms with Crippen molar-refractivity contribution >= 4 is 22.5 Å². The number of rotatable bonds is 3. The maximum absolute atomic E-state index is 12.2. The molecule has 0 spiro atoms. The molecule has 0 bridgehead atoms. The molecule has 3 aromatic heterocycles. The van der Waals surface area contributed by atoms with Gasteiger partial charge in [-0.15, -0.1) is 0 Å². The van der Waals surface area contributed by atoms with E-state index in [-0.39, 0.29) is 5.91 Å². The molecule has 3 heterocycles. The molecule has 2 N–H and O–H groups in total. The van der Waals surface area contributed by atoms with Crippen molar-refractivity contribution in [1.29, 1.82) is 0 Å². The van der Waals surface area contributed by atoms with Gasteiger partial charge in [-0.1, -0.05) is 24.3 Å². The zero-order chi connectivity index (χ0) is 14.9. The molecule has 108 valence electrons. The first-order valence-corrected chi connectivity index (χ1v) is 7.08. The van der Waals surface area contributed by atoms with Gasteiger partial charge in [0.25, 0.3) is 5.91 Å². The summed E-state index contributed by atoms with van der Waals surface area (Å²) in [7, 11) is 0. The van der Waals surface area contributed by atoms with Crippen molar-refractivity contribution in [1.82, 2.24) is 19.7 Å². The topological polar surface area (TPSA) is 62.2 Å². The van der Waals surface area contributed by atoms with Gasteiger partial charge in [0.2, 0.25) is 0 Å². The quantitative estimate of drug-likeness (QED) is 0.609. The molecule has 0 unspecified atom stereocenters. The van der Waals surface area contributed by atoms with Crippen LogP contribution in [0.15, 0.2) is 60.9 Å². The lowest BCUT2D eigenvalue weighted by atomic mass is 10.2. The van der Waals surface area contributed by atoms with Gasteiger partial charge in [-0.05, 0) is 24.3 Å².